The Morgan fingerprint density at radius 2 is 1.60 bits per heavy atom. The molecule has 0 spiro atoms. The van der Waals surface area contributed by atoms with Gasteiger partial charge in [0.1, 0.15) is 18.0 Å². The molecule has 1 aromatic heterocycles. The van der Waals surface area contributed by atoms with Gasteiger partial charge in [-0.3, -0.25) is 4.79 Å². The molecule has 138 valence electrons. The van der Waals surface area contributed by atoms with Crippen molar-refractivity contribution in [2.75, 3.05) is 36.0 Å². The van der Waals surface area contributed by atoms with Crippen LogP contribution in [0.2, 0.25) is 0 Å². The Morgan fingerprint density at radius 1 is 1.04 bits per heavy atom. The average Bonchev–Trinajstić information content (AvgIpc) is 3.16. The molecule has 2 aliphatic rings. The Hall–Kier alpha value is -1.85. The number of amides is 1. The molecule has 0 radical (unpaired) electrons. The number of carbonyl (C=O) groups excluding carboxylic acids is 1. The van der Waals surface area contributed by atoms with Crippen LogP contribution in [0, 0.1) is 11.8 Å². The van der Waals surface area contributed by atoms with E-state index in [-0.39, 0.29) is 17.9 Å². The summed E-state index contributed by atoms with van der Waals surface area (Å²) in [6.07, 6.45) is 5.94. The fourth-order valence-corrected chi connectivity index (χ4v) is 3.51. The molecule has 1 aromatic rings. The zero-order valence-electron chi connectivity index (χ0n) is 15.7. The van der Waals surface area contributed by atoms with E-state index in [4.69, 9.17) is 0 Å². The van der Waals surface area contributed by atoms with Crippen molar-refractivity contribution in [1.82, 2.24) is 15.3 Å². The second-order valence-electron chi connectivity index (χ2n) is 7.73. The first-order valence-corrected chi connectivity index (χ1v) is 9.67. The number of carbonyl (C=O) groups is 1. The highest BCUT2D eigenvalue weighted by Crippen LogP contribution is 2.25. The van der Waals surface area contributed by atoms with E-state index >= 15 is 0 Å². The molecule has 1 amide bonds. The van der Waals surface area contributed by atoms with Gasteiger partial charge in [0, 0.05) is 44.2 Å². The minimum absolute atomic E-state index is 0.123. The summed E-state index contributed by atoms with van der Waals surface area (Å²) in [5.74, 6) is 2.83. The molecule has 3 rings (SSSR count). The zero-order valence-corrected chi connectivity index (χ0v) is 15.7. The number of anilines is 2. The lowest BCUT2D eigenvalue weighted by Crippen LogP contribution is -2.44. The van der Waals surface area contributed by atoms with Gasteiger partial charge in [-0.15, -0.1) is 0 Å². The maximum absolute atomic E-state index is 12.4. The van der Waals surface area contributed by atoms with Crippen molar-refractivity contribution in [2.24, 2.45) is 11.8 Å². The maximum Gasteiger partial charge on any atom is 0.223 e. The van der Waals surface area contributed by atoms with Crippen molar-refractivity contribution in [3.63, 3.8) is 0 Å². The first-order chi connectivity index (χ1) is 12.0. The Bertz CT molecular complexity index is 577. The molecule has 2 aliphatic heterocycles. The van der Waals surface area contributed by atoms with Crippen molar-refractivity contribution in [3.8, 4) is 0 Å². The number of aromatic nitrogens is 2. The molecule has 6 nitrogen and oxygen atoms in total. The molecule has 1 atom stereocenters. The number of nitrogens with zero attached hydrogens (tertiary/aromatic N) is 4. The number of nitrogens with one attached hydrogen (secondary N) is 1. The lowest BCUT2D eigenvalue weighted by Gasteiger charge is -2.33. The number of piperidine rings is 1. The number of hydrogen-bond acceptors (Lipinski definition) is 5. The molecule has 0 bridgehead atoms. The van der Waals surface area contributed by atoms with Gasteiger partial charge in [-0.2, -0.15) is 0 Å². The van der Waals surface area contributed by atoms with Gasteiger partial charge in [0.2, 0.25) is 5.91 Å². The van der Waals surface area contributed by atoms with Gasteiger partial charge in [-0.05, 0) is 38.5 Å². The molecule has 3 heterocycles. The first kappa shape index (κ1) is 18.0. The monoisotopic (exact) mass is 345 g/mol. The molecule has 0 saturated carbocycles. The molecule has 0 aromatic carbocycles. The fourth-order valence-electron chi connectivity index (χ4n) is 3.51. The molecule has 1 unspecified atom stereocenters. The van der Waals surface area contributed by atoms with E-state index in [1.165, 1.54) is 12.8 Å². The highest BCUT2D eigenvalue weighted by atomic mass is 16.1. The molecule has 0 aliphatic carbocycles. The molecule has 6 heteroatoms. The Kier molecular flexibility index (Phi) is 5.76. The summed E-state index contributed by atoms with van der Waals surface area (Å²) < 4.78 is 0. The van der Waals surface area contributed by atoms with Crippen LogP contribution in [0.15, 0.2) is 12.4 Å². The maximum atomic E-state index is 12.4. The number of rotatable bonds is 5. The van der Waals surface area contributed by atoms with Gasteiger partial charge < -0.3 is 15.1 Å². The third-order valence-electron chi connectivity index (χ3n) is 5.63. The van der Waals surface area contributed by atoms with Crippen molar-refractivity contribution in [3.05, 3.63) is 12.4 Å². The highest BCUT2D eigenvalue weighted by molar-refractivity contribution is 5.79. The van der Waals surface area contributed by atoms with Crippen LogP contribution >= 0.6 is 0 Å². The molecule has 2 fully saturated rings. The lowest BCUT2D eigenvalue weighted by atomic mass is 9.95. The Morgan fingerprint density at radius 3 is 2.16 bits per heavy atom. The van der Waals surface area contributed by atoms with Crippen LogP contribution in [-0.2, 0) is 4.79 Å². The van der Waals surface area contributed by atoms with E-state index in [1.807, 2.05) is 0 Å². The standard InChI is InChI=1S/C19H31N5O/c1-14(2)15(3)22-19(25)16-6-10-24(11-7-16)18-12-17(20-13-21-18)23-8-4-5-9-23/h12-16H,4-11H2,1-3H3,(H,22,25). The summed E-state index contributed by atoms with van der Waals surface area (Å²) in [6, 6.07) is 2.34. The zero-order chi connectivity index (χ0) is 17.8. The average molecular weight is 345 g/mol. The van der Waals surface area contributed by atoms with Gasteiger partial charge in [-0.25, -0.2) is 9.97 Å². The predicted octanol–water partition coefficient (Wildman–Crippen LogP) is 2.45. The smallest absolute Gasteiger partial charge is 0.223 e. The summed E-state index contributed by atoms with van der Waals surface area (Å²) in [5, 5.41) is 3.16. The largest absolute Gasteiger partial charge is 0.356 e. The van der Waals surface area contributed by atoms with Crippen LogP contribution in [0.5, 0.6) is 0 Å². The topological polar surface area (TPSA) is 61.4 Å². The van der Waals surface area contributed by atoms with E-state index in [9.17, 15) is 4.79 Å². The molecule has 1 N–H and O–H groups in total. The highest BCUT2D eigenvalue weighted by Gasteiger charge is 2.27. The molecule has 2 saturated heterocycles. The van der Waals surface area contributed by atoms with Gasteiger partial charge in [0.15, 0.2) is 0 Å². The fraction of sp³-hybridized carbons (Fsp3) is 0.737. The van der Waals surface area contributed by atoms with Crippen LogP contribution in [0.4, 0.5) is 11.6 Å². The van der Waals surface area contributed by atoms with E-state index < -0.39 is 0 Å². The predicted molar refractivity (Wildman–Crippen MR) is 101 cm³/mol. The lowest BCUT2D eigenvalue weighted by molar-refractivity contribution is -0.126. The second-order valence-corrected chi connectivity index (χ2v) is 7.73. The normalized spacial score (nSPS) is 20.2. The van der Waals surface area contributed by atoms with Crippen molar-refractivity contribution < 1.29 is 4.79 Å². The van der Waals surface area contributed by atoms with Gasteiger partial charge in [0.25, 0.3) is 0 Å². The summed E-state index contributed by atoms with van der Waals surface area (Å²) >= 11 is 0. The van der Waals surface area contributed by atoms with Crippen LogP contribution < -0.4 is 15.1 Å². The van der Waals surface area contributed by atoms with Crippen LogP contribution in [0.1, 0.15) is 46.5 Å². The summed E-state index contributed by atoms with van der Waals surface area (Å²) in [5.41, 5.74) is 0. The Balaban J connectivity index is 1.55. The van der Waals surface area contributed by atoms with Crippen molar-refractivity contribution >= 4 is 17.5 Å². The SMILES string of the molecule is CC(C)C(C)NC(=O)C1CCN(c2cc(N3CCCC3)ncn2)CC1. The third kappa shape index (κ3) is 4.41. The van der Waals surface area contributed by atoms with E-state index in [0.29, 0.717) is 5.92 Å². The minimum atomic E-state index is 0.123. The quantitative estimate of drug-likeness (QED) is 0.888. The Labute approximate surface area is 151 Å². The van der Waals surface area contributed by atoms with Gasteiger partial charge >= 0.3 is 0 Å². The van der Waals surface area contributed by atoms with Gasteiger partial charge in [0.05, 0.1) is 0 Å². The molecular weight excluding hydrogens is 314 g/mol. The minimum Gasteiger partial charge on any atom is -0.356 e. The first-order valence-electron chi connectivity index (χ1n) is 9.67. The molecule has 25 heavy (non-hydrogen) atoms. The van der Waals surface area contributed by atoms with E-state index in [0.717, 1.165) is 50.7 Å². The van der Waals surface area contributed by atoms with Crippen LogP contribution in [0.25, 0.3) is 0 Å². The van der Waals surface area contributed by atoms with Gasteiger partial charge in [-0.1, -0.05) is 13.8 Å². The summed E-state index contributed by atoms with van der Waals surface area (Å²) in [6.45, 7) is 10.3. The van der Waals surface area contributed by atoms with E-state index in [1.54, 1.807) is 6.33 Å². The number of hydrogen-bond donors (Lipinski definition) is 1. The third-order valence-corrected chi connectivity index (χ3v) is 5.63. The second kappa shape index (κ2) is 8.02. The van der Waals surface area contributed by atoms with Crippen molar-refractivity contribution in [2.45, 2.75) is 52.5 Å². The van der Waals surface area contributed by atoms with Crippen molar-refractivity contribution in [1.29, 1.82) is 0 Å². The summed E-state index contributed by atoms with van der Waals surface area (Å²) in [7, 11) is 0. The van der Waals surface area contributed by atoms with Crippen LogP contribution in [0.3, 0.4) is 0 Å². The molecular formula is C19H31N5O. The summed E-state index contributed by atoms with van der Waals surface area (Å²) in [4.78, 5) is 25.9. The van der Waals surface area contributed by atoms with E-state index in [2.05, 4.69) is 51.9 Å². The van der Waals surface area contributed by atoms with Crippen LogP contribution in [-0.4, -0.2) is 48.1 Å².